The van der Waals surface area contributed by atoms with Crippen molar-refractivity contribution in [2.24, 2.45) is 0 Å². The number of pyridine rings is 1. The molecule has 0 N–H and O–H groups in total. The van der Waals surface area contributed by atoms with Gasteiger partial charge in [-0.2, -0.15) is 0 Å². The average molecular weight is 188 g/mol. The van der Waals surface area contributed by atoms with Gasteiger partial charge in [-0.25, -0.2) is 9.88 Å². The van der Waals surface area contributed by atoms with Crippen LogP contribution in [0.1, 0.15) is 0 Å². The number of anilines is 2. The lowest BCUT2D eigenvalue weighted by Gasteiger charge is -2.11. The van der Waals surface area contributed by atoms with Gasteiger partial charge in [0.1, 0.15) is 5.82 Å². The fourth-order valence-corrected chi connectivity index (χ4v) is 1.12. The standard InChI is InChI=1S/C10H8N2O2/c13-8-12(10-5-3-7-14-10)9-4-1-2-6-11-9/h1-8H. The minimum Gasteiger partial charge on any atom is -0.448 e. The summed E-state index contributed by atoms with van der Waals surface area (Å²) >= 11 is 0. The molecule has 0 atom stereocenters. The highest BCUT2D eigenvalue weighted by Gasteiger charge is 2.10. The maximum atomic E-state index is 10.8. The Morgan fingerprint density at radius 2 is 2.21 bits per heavy atom. The van der Waals surface area contributed by atoms with Gasteiger partial charge in [0.25, 0.3) is 0 Å². The lowest BCUT2D eigenvalue weighted by atomic mass is 10.4. The van der Waals surface area contributed by atoms with E-state index in [0.29, 0.717) is 18.1 Å². The van der Waals surface area contributed by atoms with Gasteiger partial charge in [0.05, 0.1) is 6.26 Å². The first kappa shape index (κ1) is 8.50. The summed E-state index contributed by atoms with van der Waals surface area (Å²) in [4.78, 5) is 16.2. The molecule has 0 aliphatic rings. The quantitative estimate of drug-likeness (QED) is 0.692. The van der Waals surface area contributed by atoms with E-state index in [9.17, 15) is 4.79 Å². The van der Waals surface area contributed by atoms with Crippen molar-refractivity contribution in [1.29, 1.82) is 0 Å². The second kappa shape index (κ2) is 3.74. The molecule has 0 aromatic carbocycles. The molecule has 0 spiro atoms. The van der Waals surface area contributed by atoms with E-state index in [2.05, 4.69) is 4.98 Å². The van der Waals surface area contributed by atoms with Crippen LogP contribution < -0.4 is 4.90 Å². The molecule has 4 nitrogen and oxygen atoms in total. The van der Waals surface area contributed by atoms with E-state index >= 15 is 0 Å². The van der Waals surface area contributed by atoms with E-state index in [0.717, 1.165) is 0 Å². The third-order valence-electron chi connectivity index (χ3n) is 1.75. The summed E-state index contributed by atoms with van der Waals surface area (Å²) in [6.07, 6.45) is 3.80. The molecule has 0 unspecified atom stereocenters. The number of rotatable bonds is 3. The van der Waals surface area contributed by atoms with Gasteiger partial charge in [-0.15, -0.1) is 0 Å². The number of hydrogen-bond acceptors (Lipinski definition) is 3. The molecular weight excluding hydrogens is 180 g/mol. The highest BCUT2D eigenvalue weighted by molar-refractivity contribution is 5.82. The summed E-state index contributed by atoms with van der Waals surface area (Å²) < 4.78 is 5.10. The zero-order valence-electron chi connectivity index (χ0n) is 7.33. The first-order valence-corrected chi connectivity index (χ1v) is 4.11. The molecule has 2 heterocycles. The van der Waals surface area contributed by atoms with E-state index in [1.807, 2.05) is 6.07 Å². The van der Waals surface area contributed by atoms with Crippen LogP contribution in [-0.2, 0) is 4.79 Å². The molecular formula is C10H8N2O2. The molecule has 2 aromatic heterocycles. The highest BCUT2D eigenvalue weighted by atomic mass is 16.3. The summed E-state index contributed by atoms with van der Waals surface area (Å²) in [5.41, 5.74) is 0. The number of nitrogens with zero attached hydrogens (tertiary/aromatic N) is 2. The van der Waals surface area contributed by atoms with Gasteiger partial charge in [-0.05, 0) is 18.2 Å². The van der Waals surface area contributed by atoms with Gasteiger partial charge in [-0.3, -0.25) is 4.79 Å². The molecule has 4 heteroatoms. The second-order valence-electron chi connectivity index (χ2n) is 2.61. The topological polar surface area (TPSA) is 46.3 Å². The molecule has 0 aliphatic carbocycles. The van der Waals surface area contributed by atoms with Crippen molar-refractivity contribution in [3.63, 3.8) is 0 Å². The van der Waals surface area contributed by atoms with Crippen LogP contribution in [-0.4, -0.2) is 11.4 Å². The zero-order chi connectivity index (χ0) is 9.80. The maximum absolute atomic E-state index is 10.8. The van der Waals surface area contributed by atoms with Crippen LogP contribution in [0, 0.1) is 0 Å². The Bertz CT molecular complexity index is 397. The fourth-order valence-electron chi connectivity index (χ4n) is 1.12. The van der Waals surface area contributed by atoms with E-state index in [1.54, 1.807) is 30.5 Å². The SMILES string of the molecule is O=CN(c1ccccn1)c1ccco1. The highest BCUT2D eigenvalue weighted by Crippen LogP contribution is 2.21. The number of carbonyl (C=O) groups excluding carboxylic acids is 1. The van der Waals surface area contributed by atoms with Crippen LogP contribution in [0.15, 0.2) is 47.2 Å². The van der Waals surface area contributed by atoms with Crippen molar-refractivity contribution in [3.8, 4) is 0 Å². The lowest BCUT2D eigenvalue weighted by Crippen LogP contribution is -2.14. The van der Waals surface area contributed by atoms with E-state index in [4.69, 9.17) is 4.42 Å². The fraction of sp³-hybridized carbons (Fsp3) is 0. The van der Waals surface area contributed by atoms with Crippen molar-refractivity contribution in [3.05, 3.63) is 42.8 Å². The average Bonchev–Trinajstić information content (AvgIpc) is 2.74. The first-order valence-electron chi connectivity index (χ1n) is 4.11. The lowest BCUT2D eigenvalue weighted by molar-refractivity contribution is -0.107. The minimum atomic E-state index is 0.457. The number of aromatic nitrogens is 1. The normalized spacial score (nSPS) is 9.71. The van der Waals surface area contributed by atoms with Gasteiger partial charge < -0.3 is 4.42 Å². The molecule has 14 heavy (non-hydrogen) atoms. The Morgan fingerprint density at radius 1 is 1.29 bits per heavy atom. The number of hydrogen-bond donors (Lipinski definition) is 0. The van der Waals surface area contributed by atoms with Gasteiger partial charge in [-0.1, -0.05) is 6.07 Å². The van der Waals surface area contributed by atoms with E-state index < -0.39 is 0 Å². The molecule has 70 valence electrons. The van der Waals surface area contributed by atoms with Crippen LogP contribution in [0.2, 0.25) is 0 Å². The molecule has 2 aromatic rings. The van der Waals surface area contributed by atoms with Crippen molar-refractivity contribution in [2.45, 2.75) is 0 Å². The Morgan fingerprint density at radius 3 is 2.79 bits per heavy atom. The third kappa shape index (κ3) is 1.50. The second-order valence-corrected chi connectivity index (χ2v) is 2.61. The van der Waals surface area contributed by atoms with Crippen molar-refractivity contribution in [2.75, 3.05) is 4.90 Å². The van der Waals surface area contributed by atoms with Crippen LogP contribution in [0.5, 0.6) is 0 Å². The summed E-state index contributed by atoms with van der Waals surface area (Å²) in [5.74, 6) is 0.996. The van der Waals surface area contributed by atoms with Crippen molar-refractivity contribution < 1.29 is 9.21 Å². The summed E-state index contributed by atoms with van der Waals surface area (Å²) in [5, 5.41) is 0. The molecule has 1 amide bonds. The Kier molecular flexibility index (Phi) is 2.27. The van der Waals surface area contributed by atoms with Gasteiger partial charge in [0, 0.05) is 12.3 Å². The molecule has 0 aliphatic heterocycles. The number of carbonyl (C=O) groups is 1. The van der Waals surface area contributed by atoms with Crippen LogP contribution in [0.25, 0.3) is 0 Å². The molecule has 0 radical (unpaired) electrons. The Hall–Kier alpha value is -2.10. The summed E-state index contributed by atoms with van der Waals surface area (Å²) in [6.45, 7) is 0. The largest absolute Gasteiger partial charge is 0.448 e. The molecule has 0 saturated carbocycles. The van der Waals surface area contributed by atoms with Crippen LogP contribution in [0.4, 0.5) is 11.7 Å². The zero-order valence-corrected chi connectivity index (χ0v) is 7.33. The van der Waals surface area contributed by atoms with Crippen LogP contribution >= 0.6 is 0 Å². The summed E-state index contributed by atoms with van der Waals surface area (Å²) in [6, 6.07) is 8.74. The molecule has 0 bridgehead atoms. The Balaban J connectivity index is 2.36. The van der Waals surface area contributed by atoms with Crippen LogP contribution in [0.3, 0.4) is 0 Å². The number of furan rings is 1. The minimum absolute atomic E-state index is 0.457. The number of amides is 1. The smallest absolute Gasteiger partial charge is 0.222 e. The van der Waals surface area contributed by atoms with Crippen molar-refractivity contribution in [1.82, 2.24) is 4.98 Å². The van der Waals surface area contributed by atoms with E-state index in [1.165, 1.54) is 11.2 Å². The summed E-state index contributed by atoms with van der Waals surface area (Å²) in [7, 11) is 0. The predicted octanol–water partition coefficient (Wildman–Crippen LogP) is 1.97. The van der Waals surface area contributed by atoms with Gasteiger partial charge in [0.2, 0.25) is 12.3 Å². The van der Waals surface area contributed by atoms with Gasteiger partial charge in [0.15, 0.2) is 0 Å². The van der Waals surface area contributed by atoms with Crippen molar-refractivity contribution >= 4 is 18.1 Å². The maximum Gasteiger partial charge on any atom is 0.222 e. The Labute approximate surface area is 80.8 Å². The predicted molar refractivity (Wildman–Crippen MR) is 51.1 cm³/mol. The molecule has 2 rings (SSSR count). The first-order chi connectivity index (χ1) is 6.92. The van der Waals surface area contributed by atoms with E-state index in [-0.39, 0.29) is 0 Å². The third-order valence-corrected chi connectivity index (χ3v) is 1.75. The van der Waals surface area contributed by atoms with Gasteiger partial charge >= 0.3 is 0 Å². The molecule has 0 fully saturated rings. The monoisotopic (exact) mass is 188 g/mol. The molecule has 0 saturated heterocycles.